The summed E-state index contributed by atoms with van der Waals surface area (Å²) in [5, 5.41) is 32.9. The Labute approximate surface area is 259 Å². The Morgan fingerprint density at radius 2 is 1.67 bits per heavy atom. The Hall–Kier alpha value is -3.34. The predicted molar refractivity (Wildman–Crippen MR) is 165 cm³/mol. The number of aliphatic hydroxyl groups excluding tert-OH is 1. The molecule has 11 heteroatoms. The zero-order valence-electron chi connectivity index (χ0n) is 25.1. The Morgan fingerprint density at radius 3 is 2.23 bits per heavy atom. The third-order valence-electron chi connectivity index (χ3n) is 8.81. The minimum atomic E-state index is -1.21. The number of hydrogen-bond donors (Lipinski definition) is 4. The lowest BCUT2D eigenvalue weighted by Gasteiger charge is -2.52. The minimum absolute atomic E-state index is 0. The zero-order valence-corrected chi connectivity index (χ0v) is 25.9. The van der Waals surface area contributed by atoms with Crippen molar-refractivity contribution in [2.24, 2.45) is 5.92 Å². The summed E-state index contributed by atoms with van der Waals surface area (Å²) in [5.74, 6) is -1.07. The second-order valence-electron chi connectivity index (χ2n) is 11.4. The highest BCUT2D eigenvalue weighted by Gasteiger charge is 2.55. The van der Waals surface area contributed by atoms with Crippen molar-refractivity contribution in [2.45, 2.75) is 83.5 Å². The van der Waals surface area contributed by atoms with Crippen LogP contribution >= 0.6 is 12.4 Å². The van der Waals surface area contributed by atoms with Gasteiger partial charge in [0.1, 0.15) is 34.4 Å². The molecule has 4 N–H and O–H groups in total. The number of hydrogen-bond acceptors (Lipinski definition) is 7. The summed E-state index contributed by atoms with van der Waals surface area (Å²) in [4.78, 5) is 42.5. The van der Waals surface area contributed by atoms with Crippen LogP contribution in [0.4, 0.5) is 0 Å². The fraction of sp³-hybridized carbons (Fsp3) is 0.531. The highest BCUT2D eigenvalue weighted by molar-refractivity contribution is 6.00. The third-order valence-corrected chi connectivity index (χ3v) is 8.81. The second-order valence-corrected chi connectivity index (χ2v) is 11.4. The van der Waals surface area contributed by atoms with Crippen LogP contribution < -0.4 is 10.1 Å². The van der Waals surface area contributed by atoms with Crippen LogP contribution in [0.5, 0.6) is 17.2 Å². The summed E-state index contributed by atoms with van der Waals surface area (Å²) in [5.41, 5.74) is -0.0295. The maximum absolute atomic E-state index is 13.7. The number of carbonyl (C=O) groups excluding carboxylic acids is 2. The van der Waals surface area contributed by atoms with Gasteiger partial charge in [0.25, 0.3) is 0 Å². The quantitative estimate of drug-likeness (QED) is 0.272. The second kappa shape index (κ2) is 14.9. The van der Waals surface area contributed by atoms with E-state index in [0.29, 0.717) is 50.5 Å². The number of phenols is 1. The van der Waals surface area contributed by atoms with Gasteiger partial charge >= 0.3 is 5.97 Å². The minimum Gasteiger partial charge on any atom is -0.507 e. The lowest BCUT2D eigenvalue weighted by molar-refractivity contribution is -0.165. The molecule has 4 rings (SSSR count). The van der Waals surface area contributed by atoms with Crippen molar-refractivity contribution in [2.75, 3.05) is 19.6 Å². The molecule has 2 heterocycles. The van der Waals surface area contributed by atoms with E-state index in [0.717, 1.165) is 31.2 Å². The highest BCUT2D eigenvalue weighted by atomic mass is 35.5. The van der Waals surface area contributed by atoms with E-state index in [-0.39, 0.29) is 41.5 Å². The predicted octanol–water partition coefficient (Wildman–Crippen LogP) is 4.56. The van der Waals surface area contributed by atoms with E-state index < -0.39 is 23.7 Å². The molecule has 2 fully saturated rings. The van der Waals surface area contributed by atoms with Gasteiger partial charge in [-0.05, 0) is 55.0 Å². The SMILES string of the molecule is CCCCN1C(=O)[C@@H]([C@H](O)C(CC)CC)NC(=O)C12CCN(Cc1ccc(Oc3ccc(C(=O)O)c(O)c3)cc1)CC2.Cl. The molecule has 2 atom stereocenters. The smallest absolute Gasteiger partial charge is 0.339 e. The van der Waals surface area contributed by atoms with Crippen LogP contribution in [0.2, 0.25) is 0 Å². The van der Waals surface area contributed by atoms with Gasteiger partial charge in [0.15, 0.2) is 0 Å². The van der Waals surface area contributed by atoms with Crippen LogP contribution in [0.1, 0.15) is 75.2 Å². The Morgan fingerprint density at radius 1 is 1.05 bits per heavy atom. The summed E-state index contributed by atoms with van der Waals surface area (Å²) < 4.78 is 5.77. The molecular formula is C32H44ClN3O7. The van der Waals surface area contributed by atoms with Gasteiger partial charge in [0.2, 0.25) is 11.8 Å². The van der Waals surface area contributed by atoms with Gasteiger partial charge in [-0.3, -0.25) is 14.5 Å². The molecule has 0 bridgehead atoms. The Balaban J connectivity index is 0.00000506. The molecule has 0 saturated carbocycles. The molecule has 2 aromatic rings. The molecule has 236 valence electrons. The normalized spacial score (nSPS) is 19.2. The number of halogens is 1. The van der Waals surface area contributed by atoms with Crippen molar-refractivity contribution >= 4 is 30.2 Å². The van der Waals surface area contributed by atoms with E-state index in [9.17, 15) is 24.6 Å². The van der Waals surface area contributed by atoms with Crippen LogP contribution in [0.25, 0.3) is 0 Å². The molecule has 10 nitrogen and oxygen atoms in total. The number of rotatable bonds is 12. The molecule has 2 aromatic carbocycles. The number of carbonyl (C=O) groups is 3. The van der Waals surface area contributed by atoms with E-state index >= 15 is 0 Å². The molecule has 1 spiro atoms. The van der Waals surface area contributed by atoms with Crippen molar-refractivity contribution in [1.82, 2.24) is 15.1 Å². The van der Waals surface area contributed by atoms with E-state index in [1.54, 1.807) is 4.90 Å². The number of ether oxygens (including phenoxy) is 1. The van der Waals surface area contributed by atoms with Crippen molar-refractivity contribution in [1.29, 1.82) is 0 Å². The highest BCUT2D eigenvalue weighted by Crippen LogP contribution is 2.35. The van der Waals surface area contributed by atoms with Gasteiger partial charge < -0.3 is 30.3 Å². The van der Waals surface area contributed by atoms with Gasteiger partial charge in [0, 0.05) is 32.2 Å². The maximum Gasteiger partial charge on any atom is 0.339 e. The van der Waals surface area contributed by atoms with E-state index in [1.165, 1.54) is 18.2 Å². The number of amides is 2. The summed E-state index contributed by atoms with van der Waals surface area (Å²) in [7, 11) is 0. The number of piperazine rings is 1. The van der Waals surface area contributed by atoms with E-state index in [2.05, 4.69) is 17.1 Å². The van der Waals surface area contributed by atoms with Gasteiger partial charge in [-0.25, -0.2) is 4.79 Å². The largest absolute Gasteiger partial charge is 0.507 e. The standard InChI is InChI=1S/C32H43N3O7.ClH/c1-4-7-16-35-29(38)27(28(37)22(5-2)6-3)33-31(41)32(35)14-17-34(18-15-32)20-21-8-10-23(11-9-21)42-24-12-13-25(30(39)40)26(36)19-24;/h8-13,19,22,27-28,36-37H,4-7,14-18,20H2,1-3H3,(H,33,41)(H,39,40);1H/t27-,28-;/m1./s1. The number of nitrogens with one attached hydrogen (secondary N) is 1. The average molecular weight is 618 g/mol. The monoisotopic (exact) mass is 617 g/mol. The van der Waals surface area contributed by atoms with Crippen molar-refractivity contribution < 1.29 is 34.4 Å². The van der Waals surface area contributed by atoms with Crippen molar-refractivity contribution in [3.05, 3.63) is 53.6 Å². The summed E-state index contributed by atoms with van der Waals surface area (Å²) >= 11 is 0. The molecule has 2 aliphatic rings. The first kappa shape index (κ1) is 34.2. The number of likely N-dealkylation sites (tertiary alicyclic amines) is 1. The number of piperidine rings is 1. The molecule has 43 heavy (non-hydrogen) atoms. The molecular weight excluding hydrogens is 574 g/mol. The summed E-state index contributed by atoms with van der Waals surface area (Å²) in [6.07, 6.45) is 3.34. The average Bonchev–Trinajstić information content (AvgIpc) is 2.97. The van der Waals surface area contributed by atoms with Crippen LogP contribution in [0.15, 0.2) is 42.5 Å². The lowest BCUT2D eigenvalue weighted by atomic mass is 9.79. The van der Waals surface area contributed by atoms with Crippen LogP contribution in [0.3, 0.4) is 0 Å². The number of carboxylic acid groups (broad SMARTS) is 1. The first-order valence-electron chi connectivity index (χ1n) is 15.0. The number of aromatic carboxylic acids is 1. The first-order valence-corrected chi connectivity index (χ1v) is 15.0. The van der Waals surface area contributed by atoms with Gasteiger partial charge in [0.05, 0.1) is 6.10 Å². The maximum atomic E-state index is 13.7. The number of aromatic hydroxyl groups is 1. The van der Waals surface area contributed by atoms with Crippen LogP contribution in [-0.4, -0.2) is 80.2 Å². The molecule has 0 unspecified atom stereocenters. The summed E-state index contributed by atoms with van der Waals surface area (Å²) in [6.45, 7) is 8.53. The number of unbranched alkanes of at least 4 members (excludes halogenated alkanes) is 1. The number of aliphatic hydroxyl groups is 1. The molecule has 2 saturated heterocycles. The number of carboxylic acids is 1. The summed E-state index contributed by atoms with van der Waals surface area (Å²) in [6, 6.07) is 10.7. The van der Waals surface area contributed by atoms with Crippen molar-refractivity contribution in [3.63, 3.8) is 0 Å². The van der Waals surface area contributed by atoms with Crippen LogP contribution in [0, 0.1) is 5.92 Å². The lowest BCUT2D eigenvalue weighted by Crippen LogP contribution is -2.75. The van der Waals surface area contributed by atoms with Gasteiger partial charge in [-0.15, -0.1) is 12.4 Å². The number of benzene rings is 2. The Bertz CT molecular complexity index is 1260. The van der Waals surface area contributed by atoms with E-state index in [1.807, 2.05) is 38.1 Å². The topological polar surface area (TPSA) is 140 Å². The third kappa shape index (κ3) is 7.42. The molecule has 2 aliphatic heterocycles. The van der Waals surface area contributed by atoms with Gasteiger partial charge in [-0.2, -0.15) is 0 Å². The van der Waals surface area contributed by atoms with Crippen molar-refractivity contribution in [3.8, 4) is 17.2 Å². The zero-order chi connectivity index (χ0) is 30.4. The van der Waals surface area contributed by atoms with Gasteiger partial charge in [-0.1, -0.05) is 52.2 Å². The molecule has 2 amide bonds. The Kier molecular flexibility index (Phi) is 11.8. The first-order chi connectivity index (χ1) is 20.1. The molecule has 0 radical (unpaired) electrons. The fourth-order valence-electron chi connectivity index (χ4n) is 6.15. The van der Waals surface area contributed by atoms with Crippen LogP contribution in [-0.2, 0) is 16.1 Å². The molecule has 0 aromatic heterocycles. The molecule has 0 aliphatic carbocycles. The fourth-order valence-corrected chi connectivity index (χ4v) is 6.15. The number of nitrogens with zero attached hydrogens (tertiary/aromatic N) is 2. The van der Waals surface area contributed by atoms with E-state index in [4.69, 9.17) is 9.84 Å².